The van der Waals surface area contributed by atoms with Gasteiger partial charge in [-0.3, -0.25) is 0 Å². The first-order valence-electron chi connectivity index (χ1n) is 13.3. The molecule has 1 aliphatic rings. The molecule has 3 aromatic carbocycles. The van der Waals surface area contributed by atoms with E-state index in [4.69, 9.17) is 9.97 Å². The molecule has 1 aliphatic carbocycles. The highest BCUT2D eigenvalue weighted by Gasteiger charge is 2.23. The molecular formula is C31H36FN5. The van der Waals surface area contributed by atoms with E-state index in [0.29, 0.717) is 23.6 Å². The lowest BCUT2D eigenvalue weighted by Crippen LogP contribution is -2.38. The average Bonchev–Trinajstić information content (AvgIpc) is 2.92. The summed E-state index contributed by atoms with van der Waals surface area (Å²) in [5.74, 6) is 1.72. The molecule has 0 radical (unpaired) electrons. The molecule has 1 atom stereocenters. The summed E-state index contributed by atoms with van der Waals surface area (Å²) in [5.41, 5.74) is 3.56. The number of nitrogens with zero attached hydrogens (tertiary/aromatic N) is 3. The summed E-state index contributed by atoms with van der Waals surface area (Å²) in [4.78, 5) is 11.6. The third-order valence-electron chi connectivity index (χ3n) is 7.43. The zero-order chi connectivity index (χ0) is 25.8. The Bertz CT molecular complexity index is 1330. The predicted molar refractivity (Wildman–Crippen MR) is 152 cm³/mol. The maximum atomic E-state index is 14.8. The molecular weight excluding hydrogens is 461 g/mol. The summed E-state index contributed by atoms with van der Waals surface area (Å²) in [6, 6.07) is 24.4. The van der Waals surface area contributed by atoms with Crippen molar-refractivity contribution >= 4 is 22.7 Å². The topological polar surface area (TPSA) is 53.1 Å². The molecule has 2 N–H and O–H groups in total. The van der Waals surface area contributed by atoms with Crippen LogP contribution in [0.2, 0.25) is 0 Å². The van der Waals surface area contributed by atoms with Crippen molar-refractivity contribution < 1.29 is 4.39 Å². The number of halogens is 1. The summed E-state index contributed by atoms with van der Waals surface area (Å²) >= 11 is 0. The number of rotatable bonds is 8. The van der Waals surface area contributed by atoms with E-state index < -0.39 is 0 Å². The van der Waals surface area contributed by atoms with Crippen LogP contribution in [0, 0.1) is 5.82 Å². The molecule has 192 valence electrons. The lowest BCUT2D eigenvalue weighted by atomic mass is 9.90. The highest BCUT2D eigenvalue weighted by Crippen LogP contribution is 2.28. The van der Waals surface area contributed by atoms with Gasteiger partial charge in [-0.1, -0.05) is 61.5 Å². The number of fused-ring (bicyclic) bond motifs is 1. The third kappa shape index (κ3) is 5.91. The van der Waals surface area contributed by atoms with Crippen LogP contribution < -0.4 is 15.5 Å². The molecule has 1 fully saturated rings. The Hall–Kier alpha value is -3.51. The van der Waals surface area contributed by atoms with Crippen molar-refractivity contribution in [2.24, 2.45) is 0 Å². The van der Waals surface area contributed by atoms with E-state index in [1.165, 1.54) is 0 Å². The summed E-state index contributed by atoms with van der Waals surface area (Å²) in [5, 5.41) is 8.38. The molecule has 5 nitrogen and oxygen atoms in total. The molecule has 0 bridgehead atoms. The van der Waals surface area contributed by atoms with Gasteiger partial charge in [0.25, 0.3) is 0 Å². The van der Waals surface area contributed by atoms with E-state index >= 15 is 0 Å². The standard InChI is InChI=1S/C31H36FN5/c1-21(23-13-18-26(28(32)19-23)22-9-5-4-6-10-22)20-33-24-14-16-25(17-15-24)34-31-35-29-12-8-7-11-27(29)30(36-31)37(2)3/h4-13,18-19,21,24-25,33H,14-17,20H2,1-3H3,(H,34,35,36)/t21-,24?,25?/m1/s1. The summed E-state index contributed by atoms with van der Waals surface area (Å²) in [7, 11) is 4.03. The molecule has 4 aromatic rings. The van der Waals surface area contributed by atoms with Gasteiger partial charge in [0.1, 0.15) is 11.6 Å². The Morgan fingerprint density at radius 1 is 0.892 bits per heavy atom. The van der Waals surface area contributed by atoms with E-state index in [0.717, 1.165) is 60.1 Å². The Morgan fingerprint density at radius 2 is 1.59 bits per heavy atom. The van der Waals surface area contributed by atoms with Crippen LogP contribution in [0.15, 0.2) is 72.8 Å². The smallest absolute Gasteiger partial charge is 0.225 e. The van der Waals surface area contributed by atoms with Gasteiger partial charge in [0.2, 0.25) is 5.95 Å². The molecule has 0 spiro atoms. The fourth-order valence-electron chi connectivity index (χ4n) is 5.24. The van der Waals surface area contributed by atoms with Crippen LogP contribution in [0.5, 0.6) is 0 Å². The minimum atomic E-state index is -0.157. The molecule has 0 unspecified atom stereocenters. The SMILES string of the molecule is C[C@H](CNC1CCC(Nc2nc(N(C)C)c3ccccc3n2)CC1)c1ccc(-c2ccccc2)c(F)c1. The van der Waals surface area contributed by atoms with Crippen molar-refractivity contribution in [1.29, 1.82) is 0 Å². The predicted octanol–water partition coefficient (Wildman–Crippen LogP) is 6.62. The Labute approximate surface area is 219 Å². The van der Waals surface area contributed by atoms with Gasteiger partial charge in [-0.2, -0.15) is 4.98 Å². The van der Waals surface area contributed by atoms with Crippen LogP contribution in [0.25, 0.3) is 22.0 Å². The first-order valence-corrected chi connectivity index (χ1v) is 13.3. The molecule has 1 aromatic heterocycles. The first-order chi connectivity index (χ1) is 18.0. The normalized spacial score (nSPS) is 18.5. The summed E-state index contributed by atoms with van der Waals surface area (Å²) in [6.45, 7) is 3.00. The fraction of sp³-hybridized carbons (Fsp3) is 0.355. The van der Waals surface area contributed by atoms with E-state index in [1.54, 1.807) is 6.07 Å². The van der Waals surface area contributed by atoms with Crippen LogP contribution in [0.1, 0.15) is 44.1 Å². The molecule has 6 heteroatoms. The highest BCUT2D eigenvalue weighted by atomic mass is 19.1. The third-order valence-corrected chi connectivity index (χ3v) is 7.43. The van der Waals surface area contributed by atoms with Crippen molar-refractivity contribution in [2.75, 3.05) is 30.9 Å². The van der Waals surface area contributed by atoms with Gasteiger partial charge < -0.3 is 15.5 Å². The van der Waals surface area contributed by atoms with Gasteiger partial charge >= 0.3 is 0 Å². The largest absolute Gasteiger partial charge is 0.362 e. The number of hydrogen-bond donors (Lipinski definition) is 2. The van der Waals surface area contributed by atoms with Crippen molar-refractivity contribution in [3.05, 3.63) is 84.2 Å². The lowest BCUT2D eigenvalue weighted by molar-refractivity contribution is 0.348. The van der Waals surface area contributed by atoms with Gasteiger partial charge in [-0.25, -0.2) is 9.37 Å². The van der Waals surface area contributed by atoms with Crippen molar-refractivity contribution in [1.82, 2.24) is 15.3 Å². The van der Waals surface area contributed by atoms with E-state index in [9.17, 15) is 4.39 Å². The molecule has 5 rings (SSSR count). The van der Waals surface area contributed by atoms with Gasteiger partial charge in [0.15, 0.2) is 0 Å². The second-order valence-corrected chi connectivity index (χ2v) is 10.4. The van der Waals surface area contributed by atoms with Gasteiger partial charge in [-0.15, -0.1) is 0 Å². The molecule has 0 amide bonds. The number of anilines is 2. The van der Waals surface area contributed by atoms with Crippen LogP contribution in [-0.2, 0) is 0 Å². The van der Waals surface area contributed by atoms with Crippen LogP contribution >= 0.6 is 0 Å². The first kappa shape index (κ1) is 25.2. The number of hydrogen-bond acceptors (Lipinski definition) is 5. The van der Waals surface area contributed by atoms with E-state index in [-0.39, 0.29) is 11.7 Å². The lowest BCUT2D eigenvalue weighted by Gasteiger charge is -2.31. The van der Waals surface area contributed by atoms with Gasteiger partial charge in [0, 0.05) is 43.7 Å². The average molecular weight is 498 g/mol. The number of para-hydroxylation sites is 1. The van der Waals surface area contributed by atoms with E-state index in [1.807, 2.05) is 73.6 Å². The van der Waals surface area contributed by atoms with Crippen LogP contribution in [0.3, 0.4) is 0 Å². The second kappa shape index (κ2) is 11.3. The monoisotopic (exact) mass is 497 g/mol. The van der Waals surface area contributed by atoms with Crippen LogP contribution in [0.4, 0.5) is 16.2 Å². The Morgan fingerprint density at radius 3 is 2.32 bits per heavy atom. The maximum Gasteiger partial charge on any atom is 0.225 e. The number of aromatic nitrogens is 2. The number of nitrogens with one attached hydrogen (secondary N) is 2. The zero-order valence-electron chi connectivity index (χ0n) is 21.9. The van der Waals surface area contributed by atoms with Crippen molar-refractivity contribution in [3.63, 3.8) is 0 Å². The highest BCUT2D eigenvalue weighted by molar-refractivity contribution is 5.90. The molecule has 0 aliphatic heterocycles. The van der Waals surface area contributed by atoms with Gasteiger partial charge in [0.05, 0.1) is 5.52 Å². The quantitative estimate of drug-likeness (QED) is 0.287. The Kier molecular flexibility index (Phi) is 7.65. The molecule has 1 heterocycles. The van der Waals surface area contributed by atoms with Crippen LogP contribution in [-0.4, -0.2) is 42.7 Å². The molecule has 37 heavy (non-hydrogen) atoms. The second-order valence-electron chi connectivity index (χ2n) is 10.4. The summed E-state index contributed by atoms with van der Waals surface area (Å²) < 4.78 is 14.8. The van der Waals surface area contributed by atoms with Gasteiger partial charge in [-0.05, 0) is 60.9 Å². The minimum Gasteiger partial charge on any atom is -0.362 e. The number of benzene rings is 3. The molecule has 0 saturated heterocycles. The maximum absolute atomic E-state index is 14.8. The molecule has 1 saturated carbocycles. The van der Waals surface area contributed by atoms with Crippen molar-refractivity contribution in [3.8, 4) is 11.1 Å². The fourth-order valence-corrected chi connectivity index (χ4v) is 5.24. The minimum absolute atomic E-state index is 0.157. The van der Waals surface area contributed by atoms with Crippen molar-refractivity contribution in [2.45, 2.75) is 50.6 Å². The summed E-state index contributed by atoms with van der Waals surface area (Å²) in [6.07, 6.45) is 4.33. The van der Waals surface area contributed by atoms with E-state index in [2.05, 4.69) is 29.7 Å². The Balaban J connectivity index is 1.14. The zero-order valence-corrected chi connectivity index (χ0v) is 21.9.